The SMILES string of the molecule is C\C=C/C(=C\C)C(/C=C\CC(C)(C)C)=C(/c1c(F)cc(CCC(F)(F)F)cc1F)N(C)F. The van der Waals surface area contributed by atoms with Crippen LogP contribution < -0.4 is 0 Å². The number of allylic oxidation sites excluding steroid dienone is 7. The molecule has 0 unspecified atom stereocenters. The van der Waals surface area contributed by atoms with Gasteiger partial charge in [0.1, 0.15) is 11.6 Å². The molecule has 0 saturated heterocycles. The van der Waals surface area contributed by atoms with Crippen LogP contribution in [-0.4, -0.2) is 18.3 Å². The van der Waals surface area contributed by atoms with E-state index in [0.717, 1.165) is 19.2 Å². The maximum atomic E-state index is 15.0. The lowest BCUT2D eigenvalue weighted by Gasteiger charge is -2.21. The first kappa shape index (κ1) is 27.6. The van der Waals surface area contributed by atoms with Crippen molar-refractivity contribution in [3.63, 3.8) is 0 Å². The molecule has 178 valence electrons. The second kappa shape index (κ2) is 11.4. The van der Waals surface area contributed by atoms with Gasteiger partial charge in [0, 0.05) is 19.0 Å². The Labute approximate surface area is 186 Å². The van der Waals surface area contributed by atoms with Crippen molar-refractivity contribution in [2.45, 2.75) is 60.1 Å². The number of hydrogen-bond donors (Lipinski definition) is 0. The predicted octanol–water partition coefficient (Wildman–Crippen LogP) is 8.50. The summed E-state index contributed by atoms with van der Waals surface area (Å²) in [6.45, 7) is 9.53. The highest BCUT2D eigenvalue weighted by Gasteiger charge is 2.28. The number of benzene rings is 1. The normalized spacial score (nSPS) is 14.4. The fourth-order valence-electron chi connectivity index (χ4n) is 3.10. The van der Waals surface area contributed by atoms with Crippen molar-refractivity contribution in [2.24, 2.45) is 5.41 Å². The number of rotatable bonds is 8. The molecule has 32 heavy (non-hydrogen) atoms. The first-order valence-corrected chi connectivity index (χ1v) is 10.3. The second-order valence-corrected chi connectivity index (χ2v) is 8.70. The third-order valence-corrected chi connectivity index (χ3v) is 4.58. The molecule has 1 aromatic rings. The number of aryl methyl sites for hydroxylation is 1. The highest BCUT2D eigenvalue weighted by Crippen LogP contribution is 2.34. The molecule has 1 rings (SSSR count). The number of hydrogen-bond acceptors (Lipinski definition) is 1. The summed E-state index contributed by atoms with van der Waals surface area (Å²) in [6.07, 6.45) is 2.92. The topological polar surface area (TPSA) is 3.24 Å². The molecule has 0 aliphatic heterocycles. The maximum absolute atomic E-state index is 15.0. The largest absolute Gasteiger partial charge is 0.389 e. The van der Waals surface area contributed by atoms with Gasteiger partial charge in [0.05, 0.1) is 11.3 Å². The van der Waals surface area contributed by atoms with Crippen molar-refractivity contribution in [2.75, 3.05) is 7.05 Å². The van der Waals surface area contributed by atoms with Crippen LogP contribution in [0.1, 0.15) is 58.6 Å². The summed E-state index contributed by atoms with van der Waals surface area (Å²) in [6, 6.07) is 1.66. The van der Waals surface area contributed by atoms with Gasteiger partial charge in [-0.3, -0.25) is 0 Å². The van der Waals surface area contributed by atoms with Gasteiger partial charge in [0.2, 0.25) is 0 Å². The lowest BCUT2D eigenvalue weighted by molar-refractivity contribution is -0.134. The number of nitrogens with zero attached hydrogens (tertiary/aromatic N) is 1. The molecule has 1 aromatic carbocycles. The van der Waals surface area contributed by atoms with Gasteiger partial charge in [-0.05, 0) is 55.4 Å². The quantitative estimate of drug-likeness (QED) is 0.214. The Morgan fingerprint density at radius 1 is 1.00 bits per heavy atom. The van der Waals surface area contributed by atoms with Gasteiger partial charge >= 0.3 is 6.18 Å². The Morgan fingerprint density at radius 2 is 1.56 bits per heavy atom. The lowest BCUT2D eigenvalue weighted by Crippen LogP contribution is -2.13. The minimum Gasteiger partial charge on any atom is -0.213 e. The average Bonchev–Trinajstić information content (AvgIpc) is 2.64. The molecule has 0 aliphatic carbocycles. The molecule has 0 bridgehead atoms. The Balaban J connectivity index is 3.71. The van der Waals surface area contributed by atoms with Crippen LogP contribution in [0, 0.1) is 17.0 Å². The third kappa shape index (κ3) is 8.60. The smallest absolute Gasteiger partial charge is 0.213 e. The van der Waals surface area contributed by atoms with Crippen molar-refractivity contribution in [1.29, 1.82) is 0 Å². The minimum atomic E-state index is -4.45. The number of alkyl halides is 3. The van der Waals surface area contributed by atoms with Crippen LogP contribution in [0.2, 0.25) is 0 Å². The number of halogens is 6. The molecule has 1 nitrogen and oxygen atoms in total. The van der Waals surface area contributed by atoms with Gasteiger partial charge in [0.25, 0.3) is 0 Å². The van der Waals surface area contributed by atoms with Crippen molar-refractivity contribution < 1.29 is 26.4 Å². The van der Waals surface area contributed by atoms with E-state index in [9.17, 15) is 26.4 Å². The highest BCUT2D eigenvalue weighted by molar-refractivity contribution is 5.75. The average molecular weight is 460 g/mol. The molecule has 0 radical (unpaired) electrons. The molecule has 0 spiro atoms. The standard InChI is InChI=1S/C25H31F6N/c1-7-10-18(8-2)19(11-9-13-24(3,4)5)23(32(6)31)22-20(26)15-17(16-21(22)27)12-14-25(28,29)30/h7-11,15-16H,12-14H2,1-6H3/b10-7-,11-9-,18-8+,23-19-. The Hall–Kier alpha value is -2.44. The van der Waals surface area contributed by atoms with Crippen molar-refractivity contribution >= 4 is 5.70 Å². The van der Waals surface area contributed by atoms with Crippen molar-refractivity contribution in [3.8, 4) is 0 Å². The van der Waals surface area contributed by atoms with E-state index in [-0.39, 0.29) is 27.4 Å². The van der Waals surface area contributed by atoms with Gasteiger partial charge < -0.3 is 0 Å². The van der Waals surface area contributed by atoms with Gasteiger partial charge in [-0.15, -0.1) is 4.48 Å². The van der Waals surface area contributed by atoms with E-state index in [4.69, 9.17) is 0 Å². The molecule has 0 heterocycles. The van der Waals surface area contributed by atoms with Gasteiger partial charge in [-0.2, -0.15) is 13.2 Å². The zero-order valence-electron chi connectivity index (χ0n) is 19.4. The Bertz CT molecular complexity index is 873. The molecule has 0 fully saturated rings. The molecule has 0 aromatic heterocycles. The summed E-state index contributed by atoms with van der Waals surface area (Å²) in [5.74, 6) is -2.25. The summed E-state index contributed by atoms with van der Waals surface area (Å²) in [7, 11) is 1.02. The van der Waals surface area contributed by atoms with Gasteiger partial charge in [0.15, 0.2) is 0 Å². The summed E-state index contributed by atoms with van der Waals surface area (Å²) >= 11 is 0. The fraction of sp³-hybridized carbons (Fsp3) is 0.440. The van der Waals surface area contributed by atoms with Crippen LogP contribution in [0.3, 0.4) is 0 Å². The van der Waals surface area contributed by atoms with Crippen LogP contribution in [0.5, 0.6) is 0 Å². The van der Waals surface area contributed by atoms with E-state index in [1.54, 1.807) is 44.2 Å². The Kier molecular flexibility index (Phi) is 9.86. The molecule has 0 saturated carbocycles. The fourth-order valence-corrected chi connectivity index (χ4v) is 3.10. The third-order valence-electron chi connectivity index (χ3n) is 4.58. The highest BCUT2D eigenvalue weighted by atomic mass is 19.4. The monoisotopic (exact) mass is 459 g/mol. The Morgan fingerprint density at radius 3 is 1.97 bits per heavy atom. The first-order chi connectivity index (χ1) is 14.7. The summed E-state index contributed by atoms with van der Waals surface area (Å²) in [5, 5.41) is 0.126. The zero-order valence-corrected chi connectivity index (χ0v) is 19.4. The summed E-state index contributed by atoms with van der Waals surface area (Å²) < 4.78 is 82.1. The summed E-state index contributed by atoms with van der Waals surface area (Å²) in [4.78, 5) is 0. The minimum absolute atomic E-state index is 0.0588. The molecular formula is C25H31F6N. The van der Waals surface area contributed by atoms with Crippen molar-refractivity contribution in [3.05, 3.63) is 76.4 Å². The van der Waals surface area contributed by atoms with Crippen LogP contribution in [0.15, 0.2) is 53.7 Å². The molecule has 0 amide bonds. The molecular weight excluding hydrogens is 428 g/mol. The first-order valence-electron chi connectivity index (χ1n) is 10.3. The summed E-state index contributed by atoms with van der Waals surface area (Å²) in [5.41, 5.74) is -0.399. The van der Waals surface area contributed by atoms with Crippen LogP contribution in [0.4, 0.5) is 26.4 Å². The van der Waals surface area contributed by atoms with Gasteiger partial charge in [-0.25, -0.2) is 13.9 Å². The maximum Gasteiger partial charge on any atom is 0.389 e. The van der Waals surface area contributed by atoms with Crippen LogP contribution >= 0.6 is 0 Å². The van der Waals surface area contributed by atoms with Crippen molar-refractivity contribution in [1.82, 2.24) is 5.12 Å². The zero-order chi connectivity index (χ0) is 24.7. The molecule has 7 heteroatoms. The van der Waals surface area contributed by atoms with Crippen LogP contribution in [-0.2, 0) is 6.42 Å². The van der Waals surface area contributed by atoms with E-state index in [1.807, 2.05) is 20.8 Å². The molecule has 0 atom stereocenters. The van der Waals surface area contributed by atoms with E-state index in [2.05, 4.69) is 0 Å². The second-order valence-electron chi connectivity index (χ2n) is 8.70. The van der Waals surface area contributed by atoms with Crippen LogP contribution in [0.25, 0.3) is 5.70 Å². The predicted molar refractivity (Wildman–Crippen MR) is 118 cm³/mol. The van der Waals surface area contributed by atoms with E-state index < -0.39 is 36.2 Å². The lowest BCUT2D eigenvalue weighted by atomic mass is 9.90. The van der Waals surface area contributed by atoms with E-state index in [1.165, 1.54) is 0 Å². The molecule has 0 N–H and O–H groups in total. The molecule has 0 aliphatic rings. The van der Waals surface area contributed by atoms with E-state index >= 15 is 0 Å². The van der Waals surface area contributed by atoms with Gasteiger partial charge in [-0.1, -0.05) is 51.2 Å². The van der Waals surface area contributed by atoms with E-state index in [0.29, 0.717) is 12.0 Å².